The molecule has 0 bridgehead atoms. The Hall–Kier alpha value is -0.860. The van der Waals surface area contributed by atoms with Gasteiger partial charge in [-0.2, -0.15) is 0 Å². The first-order chi connectivity index (χ1) is 8.02. The van der Waals surface area contributed by atoms with Gasteiger partial charge in [0.15, 0.2) is 0 Å². The second-order valence-corrected chi connectivity index (χ2v) is 5.28. The first kappa shape index (κ1) is 14.2. The van der Waals surface area contributed by atoms with Crippen molar-refractivity contribution in [1.82, 2.24) is 10.2 Å². The van der Waals surface area contributed by atoms with Crippen molar-refractivity contribution in [3.63, 3.8) is 0 Å². The molecule has 2 nitrogen and oxygen atoms in total. The van der Waals surface area contributed by atoms with Crippen molar-refractivity contribution in [3.8, 4) is 0 Å². The second-order valence-electron chi connectivity index (χ2n) is 5.28. The lowest BCUT2D eigenvalue weighted by atomic mass is 10.1. The zero-order chi connectivity index (χ0) is 12.8. The number of benzene rings is 1. The van der Waals surface area contributed by atoms with Gasteiger partial charge in [0, 0.05) is 13.1 Å². The van der Waals surface area contributed by atoms with Gasteiger partial charge in [0.25, 0.3) is 0 Å². The summed E-state index contributed by atoms with van der Waals surface area (Å²) >= 11 is 0. The van der Waals surface area contributed by atoms with Crippen LogP contribution >= 0.6 is 0 Å². The third kappa shape index (κ3) is 4.88. The van der Waals surface area contributed by atoms with Crippen LogP contribution in [0, 0.1) is 19.8 Å². The minimum atomic E-state index is 0.691. The number of rotatable bonds is 6. The van der Waals surface area contributed by atoms with E-state index in [2.05, 4.69) is 56.2 Å². The van der Waals surface area contributed by atoms with E-state index < -0.39 is 0 Å². The van der Waals surface area contributed by atoms with E-state index in [4.69, 9.17) is 0 Å². The Kier molecular flexibility index (Phi) is 5.66. The fourth-order valence-electron chi connectivity index (χ4n) is 2.22. The monoisotopic (exact) mass is 234 g/mol. The van der Waals surface area contributed by atoms with Crippen LogP contribution in [0.15, 0.2) is 18.2 Å². The third-order valence-electron chi connectivity index (χ3n) is 3.20. The largest absolute Gasteiger partial charge is 0.319 e. The van der Waals surface area contributed by atoms with Crippen molar-refractivity contribution in [3.05, 3.63) is 34.9 Å². The van der Waals surface area contributed by atoms with Crippen LogP contribution in [0.4, 0.5) is 0 Å². The molecule has 0 aromatic heterocycles. The van der Waals surface area contributed by atoms with Crippen LogP contribution in [0.1, 0.15) is 23.6 Å². The van der Waals surface area contributed by atoms with Crippen LogP contribution in [0.3, 0.4) is 0 Å². The maximum Gasteiger partial charge on any atom is 0.0230 e. The number of nitrogens with zero attached hydrogens (tertiary/aromatic N) is 1. The molecule has 1 aromatic rings. The highest BCUT2D eigenvalue weighted by atomic mass is 15.1. The molecule has 1 unspecified atom stereocenters. The van der Waals surface area contributed by atoms with E-state index in [9.17, 15) is 0 Å². The topological polar surface area (TPSA) is 15.3 Å². The maximum absolute atomic E-state index is 3.23. The van der Waals surface area contributed by atoms with Crippen molar-refractivity contribution in [2.75, 3.05) is 27.2 Å². The van der Waals surface area contributed by atoms with Crippen molar-refractivity contribution < 1.29 is 0 Å². The zero-order valence-corrected chi connectivity index (χ0v) is 11.9. The van der Waals surface area contributed by atoms with Gasteiger partial charge in [-0.25, -0.2) is 0 Å². The predicted octanol–water partition coefficient (Wildman–Crippen LogP) is 2.59. The molecule has 0 aliphatic rings. The second kappa shape index (κ2) is 6.77. The summed E-state index contributed by atoms with van der Waals surface area (Å²) in [5, 5.41) is 3.23. The number of aryl methyl sites for hydroxylation is 2. The van der Waals surface area contributed by atoms with Gasteiger partial charge in [0.1, 0.15) is 0 Å². The SMILES string of the molecule is CNCC(C)CN(C)Cc1ccc(C)c(C)c1. The van der Waals surface area contributed by atoms with E-state index in [-0.39, 0.29) is 0 Å². The van der Waals surface area contributed by atoms with E-state index in [0.717, 1.165) is 19.6 Å². The standard InChI is InChI=1S/C15H26N2/c1-12(9-16-4)10-17(5)11-15-7-6-13(2)14(3)8-15/h6-8,12,16H,9-11H2,1-5H3. The van der Waals surface area contributed by atoms with Crippen molar-refractivity contribution in [2.45, 2.75) is 27.3 Å². The molecule has 1 N–H and O–H groups in total. The smallest absolute Gasteiger partial charge is 0.0230 e. The molecule has 0 radical (unpaired) electrons. The molecule has 0 amide bonds. The first-order valence-corrected chi connectivity index (χ1v) is 6.42. The molecule has 1 atom stereocenters. The first-order valence-electron chi connectivity index (χ1n) is 6.42. The Labute approximate surface area is 106 Å². The summed E-state index contributed by atoms with van der Waals surface area (Å²) in [5.41, 5.74) is 4.17. The highest BCUT2D eigenvalue weighted by molar-refractivity contribution is 5.29. The third-order valence-corrected chi connectivity index (χ3v) is 3.20. The molecule has 0 saturated heterocycles. The van der Waals surface area contributed by atoms with Gasteiger partial charge in [0.2, 0.25) is 0 Å². The van der Waals surface area contributed by atoms with E-state index in [0.29, 0.717) is 5.92 Å². The number of nitrogens with one attached hydrogen (secondary N) is 1. The normalized spacial score (nSPS) is 13.1. The summed E-state index contributed by atoms with van der Waals surface area (Å²) in [6.07, 6.45) is 0. The quantitative estimate of drug-likeness (QED) is 0.814. The fourth-order valence-corrected chi connectivity index (χ4v) is 2.22. The minimum absolute atomic E-state index is 0.691. The molecule has 0 heterocycles. The molecule has 0 spiro atoms. The summed E-state index contributed by atoms with van der Waals surface area (Å²) in [6.45, 7) is 9.88. The number of hydrogen-bond acceptors (Lipinski definition) is 2. The highest BCUT2D eigenvalue weighted by Gasteiger charge is 2.06. The van der Waals surface area contributed by atoms with E-state index >= 15 is 0 Å². The Morgan fingerprint density at radius 2 is 1.94 bits per heavy atom. The minimum Gasteiger partial charge on any atom is -0.319 e. The molecular weight excluding hydrogens is 208 g/mol. The summed E-state index contributed by atoms with van der Waals surface area (Å²) < 4.78 is 0. The molecule has 2 heteroatoms. The Morgan fingerprint density at radius 3 is 2.53 bits per heavy atom. The summed E-state index contributed by atoms with van der Waals surface area (Å²) in [4.78, 5) is 2.39. The van der Waals surface area contributed by atoms with Gasteiger partial charge in [-0.05, 0) is 57.1 Å². The Balaban J connectivity index is 2.50. The van der Waals surface area contributed by atoms with Crippen molar-refractivity contribution in [2.24, 2.45) is 5.92 Å². The van der Waals surface area contributed by atoms with Gasteiger partial charge >= 0.3 is 0 Å². The van der Waals surface area contributed by atoms with Crippen molar-refractivity contribution >= 4 is 0 Å². The van der Waals surface area contributed by atoms with E-state index in [1.165, 1.54) is 16.7 Å². The van der Waals surface area contributed by atoms with Crippen molar-refractivity contribution in [1.29, 1.82) is 0 Å². The summed E-state index contributed by atoms with van der Waals surface area (Å²) in [7, 11) is 4.21. The number of hydrogen-bond donors (Lipinski definition) is 1. The van der Waals surface area contributed by atoms with Crippen LogP contribution in [0.2, 0.25) is 0 Å². The molecule has 1 aromatic carbocycles. The Bertz CT molecular complexity index is 347. The average molecular weight is 234 g/mol. The molecule has 0 saturated carbocycles. The molecule has 0 aliphatic heterocycles. The predicted molar refractivity (Wildman–Crippen MR) is 75.3 cm³/mol. The molecule has 0 aliphatic carbocycles. The lowest BCUT2D eigenvalue weighted by Crippen LogP contribution is -2.29. The van der Waals surface area contributed by atoms with E-state index in [1.54, 1.807) is 0 Å². The van der Waals surface area contributed by atoms with Crippen LogP contribution in [-0.2, 0) is 6.54 Å². The summed E-state index contributed by atoms with van der Waals surface area (Å²) in [5.74, 6) is 0.691. The van der Waals surface area contributed by atoms with Gasteiger partial charge in [0.05, 0.1) is 0 Å². The van der Waals surface area contributed by atoms with Gasteiger partial charge in [-0.3, -0.25) is 0 Å². The molecular formula is C15H26N2. The molecule has 96 valence electrons. The molecule has 17 heavy (non-hydrogen) atoms. The zero-order valence-electron chi connectivity index (χ0n) is 11.9. The van der Waals surface area contributed by atoms with Gasteiger partial charge in [-0.1, -0.05) is 25.1 Å². The highest BCUT2D eigenvalue weighted by Crippen LogP contribution is 2.12. The van der Waals surface area contributed by atoms with Crippen LogP contribution in [0.25, 0.3) is 0 Å². The molecule has 0 fully saturated rings. The van der Waals surface area contributed by atoms with Crippen LogP contribution < -0.4 is 5.32 Å². The van der Waals surface area contributed by atoms with Crippen LogP contribution in [-0.4, -0.2) is 32.1 Å². The molecule has 1 rings (SSSR count). The maximum atomic E-state index is 3.23. The van der Waals surface area contributed by atoms with E-state index in [1.807, 2.05) is 7.05 Å². The van der Waals surface area contributed by atoms with Crippen LogP contribution in [0.5, 0.6) is 0 Å². The lowest BCUT2D eigenvalue weighted by Gasteiger charge is -2.21. The Morgan fingerprint density at radius 1 is 1.24 bits per heavy atom. The van der Waals surface area contributed by atoms with Gasteiger partial charge < -0.3 is 10.2 Å². The average Bonchev–Trinajstić information content (AvgIpc) is 2.23. The fraction of sp³-hybridized carbons (Fsp3) is 0.600. The lowest BCUT2D eigenvalue weighted by molar-refractivity contribution is 0.276. The summed E-state index contributed by atoms with van der Waals surface area (Å²) in [6, 6.07) is 6.76. The van der Waals surface area contributed by atoms with Gasteiger partial charge in [-0.15, -0.1) is 0 Å².